The monoisotopic (exact) mass is 379 g/mol. The number of aromatic nitrogens is 4. The SMILES string of the molecule is Cc1nn(C)c(C)c1S(=O)(=O)N1CCCC(Cc2nc(C3CC3)no2)C1. The van der Waals surface area contributed by atoms with E-state index < -0.39 is 10.0 Å². The number of sulfonamides is 1. The molecular weight excluding hydrogens is 354 g/mol. The number of piperidine rings is 1. The summed E-state index contributed by atoms with van der Waals surface area (Å²) < 4.78 is 34.9. The summed E-state index contributed by atoms with van der Waals surface area (Å²) in [5, 5.41) is 8.32. The van der Waals surface area contributed by atoms with Crippen LogP contribution < -0.4 is 0 Å². The van der Waals surface area contributed by atoms with Crippen LogP contribution in [0.1, 0.15) is 54.7 Å². The molecule has 1 saturated heterocycles. The van der Waals surface area contributed by atoms with Crippen molar-refractivity contribution in [1.82, 2.24) is 24.2 Å². The van der Waals surface area contributed by atoms with Gasteiger partial charge in [0.1, 0.15) is 4.90 Å². The molecule has 0 amide bonds. The van der Waals surface area contributed by atoms with Crippen molar-refractivity contribution in [2.45, 2.75) is 56.8 Å². The Kier molecular flexibility index (Phi) is 4.38. The van der Waals surface area contributed by atoms with Gasteiger partial charge < -0.3 is 4.52 Å². The van der Waals surface area contributed by atoms with E-state index in [1.54, 1.807) is 29.9 Å². The Morgan fingerprint density at radius 3 is 2.65 bits per heavy atom. The van der Waals surface area contributed by atoms with Crippen LogP contribution in [0.4, 0.5) is 0 Å². The first-order chi connectivity index (χ1) is 12.4. The maximum atomic E-state index is 13.2. The molecule has 2 aromatic heterocycles. The minimum atomic E-state index is -3.54. The molecule has 4 rings (SSSR count). The summed E-state index contributed by atoms with van der Waals surface area (Å²) in [4.78, 5) is 4.83. The molecular formula is C17H25N5O3S. The van der Waals surface area contributed by atoms with Crippen LogP contribution in [0.25, 0.3) is 0 Å². The second-order valence-electron chi connectivity index (χ2n) is 7.52. The third-order valence-corrected chi connectivity index (χ3v) is 7.53. The Morgan fingerprint density at radius 1 is 1.23 bits per heavy atom. The quantitative estimate of drug-likeness (QED) is 0.788. The van der Waals surface area contributed by atoms with Crippen LogP contribution in [0.2, 0.25) is 0 Å². The number of rotatable bonds is 5. The topological polar surface area (TPSA) is 94.1 Å². The number of hydrogen-bond acceptors (Lipinski definition) is 6. The summed E-state index contributed by atoms with van der Waals surface area (Å²) in [6, 6.07) is 0. The van der Waals surface area contributed by atoms with E-state index in [4.69, 9.17) is 4.52 Å². The van der Waals surface area contributed by atoms with Crippen molar-refractivity contribution in [2.24, 2.45) is 13.0 Å². The summed E-state index contributed by atoms with van der Waals surface area (Å²) in [6.07, 6.45) is 4.72. The van der Waals surface area contributed by atoms with Crippen molar-refractivity contribution in [2.75, 3.05) is 13.1 Å². The average molecular weight is 379 g/mol. The van der Waals surface area contributed by atoms with E-state index in [-0.39, 0.29) is 5.92 Å². The fourth-order valence-corrected chi connectivity index (χ4v) is 5.73. The standard InChI is InChI=1S/C17H25N5O3S/c1-11-16(12(2)21(3)19-11)26(23,24)22-8-4-5-13(10-22)9-15-18-17(20-25-15)14-6-7-14/h13-14H,4-10H2,1-3H3. The lowest BCUT2D eigenvalue weighted by atomic mass is 9.96. The van der Waals surface area contributed by atoms with Gasteiger partial charge in [-0.2, -0.15) is 14.4 Å². The van der Waals surface area contributed by atoms with Crippen LogP contribution in [0.5, 0.6) is 0 Å². The van der Waals surface area contributed by atoms with Crippen LogP contribution in [0, 0.1) is 19.8 Å². The zero-order valence-electron chi connectivity index (χ0n) is 15.5. The second-order valence-corrected chi connectivity index (χ2v) is 9.39. The van der Waals surface area contributed by atoms with E-state index in [1.165, 1.54) is 0 Å². The highest BCUT2D eigenvalue weighted by Crippen LogP contribution is 2.38. The minimum Gasteiger partial charge on any atom is -0.339 e. The van der Waals surface area contributed by atoms with Gasteiger partial charge >= 0.3 is 0 Å². The first kappa shape index (κ1) is 17.7. The van der Waals surface area contributed by atoms with Gasteiger partial charge in [-0.25, -0.2) is 8.42 Å². The molecule has 0 N–H and O–H groups in total. The van der Waals surface area contributed by atoms with E-state index in [2.05, 4.69) is 15.2 Å². The molecule has 0 radical (unpaired) electrons. The van der Waals surface area contributed by atoms with Gasteiger partial charge in [-0.3, -0.25) is 4.68 Å². The molecule has 26 heavy (non-hydrogen) atoms. The van der Waals surface area contributed by atoms with Crippen molar-refractivity contribution in [1.29, 1.82) is 0 Å². The fourth-order valence-electron chi connectivity index (χ4n) is 3.77. The van der Waals surface area contributed by atoms with E-state index in [0.717, 1.165) is 31.5 Å². The highest BCUT2D eigenvalue weighted by atomic mass is 32.2. The summed E-state index contributed by atoms with van der Waals surface area (Å²) >= 11 is 0. The number of hydrogen-bond donors (Lipinski definition) is 0. The first-order valence-corrected chi connectivity index (χ1v) is 10.6. The molecule has 0 aromatic carbocycles. The highest BCUT2D eigenvalue weighted by molar-refractivity contribution is 7.89. The molecule has 9 heteroatoms. The molecule has 1 aliphatic heterocycles. The normalized spacial score (nSPS) is 22.0. The molecule has 2 fully saturated rings. The van der Waals surface area contributed by atoms with Crippen molar-refractivity contribution < 1.29 is 12.9 Å². The van der Waals surface area contributed by atoms with E-state index in [1.807, 2.05) is 0 Å². The molecule has 0 spiro atoms. The molecule has 8 nitrogen and oxygen atoms in total. The molecule has 2 aromatic rings. The molecule has 3 heterocycles. The van der Waals surface area contributed by atoms with Crippen LogP contribution >= 0.6 is 0 Å². The summed E-state index contributed by atoms with van der Waals surface area (Å²) in [7, 11) is -1.77. The van der Waals surface area contributed by atoms with Crippen molar-refractivity contribution in [3.63, 3.8) is 0 Å². The van der Waals surface area contributed by atoms with Crippen LogP contribution in [0.15, 0.2) is 9.42 Å². The lowest BCUT2D eigenvalue weighted by Crippen LogP contribution is -2.40. The molecule has 142 valence electrons. The number of nitrogens with zero attached hydrogens (tertiary/aromatic N) is 5. The van der Waals surface area contributed by atoms with Gasteiger partial charge in [-0.05, 0) is 45.4 Å². The average Bonchev–Trinajstić information content (AvgIpc) is 3.28. The maximum Gasteiger partial charge on any atom is 0.246 e. The largest absolute Gasteiger partial charge is 0.339 e. The Hall–Kier alpha value is -1.74. The molecule has 2 aliphatic rings. The van der Waals surface area contributed by atoms with Gasteiger partial charge in [0.15, 0.2) is 5.82 Å². The highest BCUT2D eigenvalue weighted by Gasteiger charge is 2.35. The molecule has 1 saturated carbocycles. The fraction of sp³-hybridized carbons (Fsp3) is 0.706. The van der Waals surface area contributed by atoms with Crippen LogP contribution in [-0.2, 0) is 23.5 Å². The Morgan fingerprint density at radius 2 is 2.00 bits per heavy atom. The maximum absolute atomic E-state index is 13.2. The predicted octanol–water partition coefficient (Wildman–Crippen LogP) is 1.94. The predicted molar refractivity (Wildman–Crippen MR) is 94.1 cm³/mol. The van der Waals surface area contributed by atoms with E-state index in [0.29, 0.717) is 47.6 Å². The molecule has 1 atom stereocenters. The summed E-state index contributed by atoms with van der Waals surface area (Å²) in [6.45, 7) is 4.58. The second kappa shape index (κ2) is 6.45. The van der Waals surface area contributed by atoms with Gasteiger partial charge in [0.05, 0.1) is 11.4 Å². The van der Waals surface area contributed by atoms with Gasteiger partial charge in [0.25, 0.3) is 0 Å². The first-order valence-electron chi connectivity index (χ1n) is 9.19. The van der Waals surface area contributed by atoms with Gasteiger partial charge in [0.2, 0.25) is 15.9 Å². The van der Waals surface area contributed by atoms with E-state index in [9.17, 15) is 8.42 Å². The Balaban J connectivity index is 1.50. The Labute approximate surface area is 153 Å². The van der Waals surface area contributed by atoms with Gasteiger partial charge in [-0.15, -0.1) is 0 Å². The molecule has 0 bridgehead atoms. The third-order valence-electron chi connectivity index (χ3n) is 5.41. The smallest absolute Gasteiger partial charge is 0.246 e. The van der Waals surface area contributed by atoms with Gasteiger partial charge in [-0.1, -0.05) is 5.16 Å². The zero-order chi connectivity index (χ0) is 18.5. The van der Waals surface area contributed by atoms with Crippen molar-refractivity contribution >= 4 is 10.0 Å². The van der Waals surface area contributed by atoms with Gasteiger partial charge in [0, 0.05) is 32.5 Å². The van der Waals surface area contributed by atoms with Crippen molar-refractivity contribution in [3.05, 3.63) is 23.1 Å². The van der Waals surface area contributed by atoms with Crippen molar-refractivity contribution in [3.8, 4) is 0 Å². The minimum absolute atomic E-state index is 0.198. The molecule has 1 unspecified atom stereocenters. The van der Waals surface area contributed by atoms with Crippen LogP contribution in [0.3, 0.4) is 0 Å². The lowest BCUT2D eigenvalue weighted by Gasteiger charge is -2.31. The lowest BCUT2D eigenvalue weighted by molar-refractivity contribution is 0.246. The summed E-state index contributed by atoms with van der Waals surface area (Å²) in [5.74, 6) is 2.10. The zero-order valence-corrected chi connectivity index (χ0v) is 16.3. The number of aryl methyl sites for hydroxylation is 2. The third kappa shape index (κ3) is 3.18. The summed E-state index contributed by atoms with van der Waals surface area (Å²) in [5.41, 5.74) is 1.23. The van der Waals surface area contributed by atoms with E-state index >= 15 is 0 Å². The molecule has 1 aliphatic carbocycles. The van der Waals surface area contributed by atoms with Crippen LogP contribution in [-0.4, -0.2) is 45.7 Å². The Bertz CT molecular complexity index is 913.